The van der Waals surface area contributed by atoms with E-state index in [0.717, 1.165) is 0 Å². The molecule has 0 aliphatic heterocycles. The molecule has 86 valence electrons. The van der Waals surface area contributed by atoms with Crippen molar-refractivity contribution in [3.63, 3.8) is 0 Å². The van der Waals surface area contributed by atoms with E-state index in [-0.39, 0.29) is 5.57 Å². The summed E-state index contributed by atoms with van der Waals surface area (Å²) in [6.45, 7) is 3.45. The molecular weight excluding hydrogens is 251 g/mol. The van der Waals surface area contributed by atoms with Gasteiger partial charge in [-0.05, 0) is 18.2 Å². The molecule has 0 saturated heterocycles. The van der Waals surface area contributed by atoms with Gasteiger partial charge in [0.15, 0.2) is 0 Å². The molecule has 0 aromatic heterocycles. The third-order valence-electron chi connectivity index (χ3n) is 2.03. The SMILES string of the molecule is C=C(C(=O)OC)C(O)c1cc(Cl)ccc1Cl. The Labute approximate surface area is 103 Å². The first-order valence-corrected chi connectivity index (χ1v) is 5.13. The molecule has 0 fully saturated rings. The first-order chi connectivity index (χ1) is 7.47. The lowest BCUT2D eigenvalue weighted by molar-refractivity contribution is -0.137. The molecule has 0 aliphatic rings. The van der Waals surface area contributed by atoms with Crippen molar-refractivity contribution in [3.05, 3.63) is 46.0 Å². The Balaban J connectivity index is 3.04. The Hall–Kier alpha value is -1.03. The summed E-state index contributed by atoms with van der Waals surface area (Å²) in [6.07, 6.45) is -1.22. The molecule has 0 heterocycles. The topological polar surface area (TPSA) is 46.5 Å². The van der Waals surface area contributed by atoms with Crippen LogP contribution in [0.25, 0.3) is 0 Å². The van der Waals surface area contributed by atoms with E-state index in [9.17, 15) is 9.90 Å². The molecule has 0 radical (unpaired) electrons. The molecular formula is C11H10Cl2O3. The molecule has 0 saturated carbocycles. The monoisotopic (exact) mass is 260 g/mol. The van der Waals surface area contributed by atoms with E-state index in [1.807, 2.05) is 0 Å². The highest BCUT2D eigenvalue weighted by Crippen LogP contribution is 2.30. The van der Waals surface area contributed by atoms with Crippen molar-refractivity contribution < 1.29 is 14.6 Å². The van der Waals surface area contributed by atoms with Crippen molar-refractivity contribution in [1.82, 2.24) is 0 Å². The molecule has 1 unspecified atom stereocenters. The number of rotatable bonds is 3. The van der Waals surface area contributed by atoms with E-state index < -0.39 is 12.1 Å². The van der Waals surface area contributed by atoms with Crippen molar-refractivity contribution in [2.24, 2.45) is 0 Å². The van der Waals surface area contributed by atoms with Crippen LogP contribution in [0.15, 0.2) is 30.4 Å². The number of hydrogen-bond donors (Lipinski definition) is 1. The fraction of sp³-hybridized carbons (Fsp3) is 0.182. The highest BCUT2D eigenvalue weighted by Gasteiger charge is 2.21. The number of carbonyl (C=O) groups excluding carboxylic acids is 1. The molecule has 0 aliphatic carbocycles. The summed E-state index contributed by atoms with van der Waals surface area (Å²) < 4.78 is 4.45. The summed E-state index contributed by atoms with van der Waals surface area (Å²) in [4.78, 5) is 11.2. The summed E-state index contributed by atoms with van der Waals surface area (Å²) in [6, 6.07) is 4.59. The Morgan fingerprint density at radius 1 is 1.50 bits per heavy atom. The second kappa shape index (κ2) is 5.34. The molecule has 5 heteroatoms. The molecule has 16 heavy (non-hydrogen) atoms. The van der Waals surface area contributed by atoms with E-state index in [0.29, 0.717) is 15.6 Å². The number of aliphatic hydroxyl groups excluding tert-OH is 1. The van der Waals surface area contributed by atoms with Gasteiger partial charge in [-0.1, -0.05) is 29.8 Å². The van der Waals surface area contributed by atoms with Gasteiger partial charge in [-0.25, -0.2) is 4.79 Å². The number of benzene rings is 1. The van der Waals surface area contributed by atoms with Gasteiger partial charge in [0.1, 0.15) is 6.10 Å². The smallest absolute Gasteiger partial charge is 0.336 e. The zero-order valence-corrected chi connectivity index (χ0v) is 10.0. The number of ether oxygens (including phenoxy) is 1. The Bertz CT molecular complexity index is 429. The maximum Gasteiger partial charge on any atom is 0.336 e. The Morgan fingerprint density at radius 2 is 2.12 bits per heavy atom. The van der Waals surface area contributed by atoms with E-state index in [1.165, 1.54) is 19.2 Å². The highest BCUT2D eigenvalue weighted by molar-refractivity contribution is 6.33. The number of carbonyl (C=O) groups is 1. The molecule has 1 atom stereocenters. The lowest BCUT2D eigenvalue weighted by Gasteiger charge is -2.14. The number of methoxy groups -OCH3 is 1. The first-order valence-electron chi connectivity index (χ1n) is 4.37. The predicted octanol–water partition coefficient (Wildman–Crippen LogP) is 2.76. The lowest BCUT2D eigenvalue weighted by atomic mass is 10.0. The zero-order chi connectivity index (χ0) is 12.3. The van der Waals surface area contributed by atoms with Crippen LogP contribution < -0.4 is 0 Å². The van der Waals surface area contributed by atoms with E-state index in [1.54, 1.807) is 6.07 Å². The predicted molar refractivity (Wildman–Crippen MR) is 62.6 cm³/mol. The van der Waals surface area contributed by atoms with Crippen molar-refractivity contribution in [1.29, 1.82) is 0 Å². The van der Waals surface area contributed by atoms with Crippen molar-refractivity contribution in [3.8, 4) is 0 Å². The van der Waals surface area contributed by atoms with Crippen LogP contribution in [0, 0.1) is 0 Å². The average molecular weight is 261 g/mol. The largest absolute Gasteiger partial charge is 0.466 e. The van der Waals surface area contributed by atoms with Gasteiger partial charge in [0.05, 0.1) is 12.7 Å². The lowest BCUT2D eigenvalue weighted by Crippen LogP contribution is -2.12. The van der Waals surface area contributed by atoms with Crippen LogP contribution in [0.5, 0.6) is 0 Å². The fourth-order valence-electron chi connectivity index (χ4n) is 1.15. The van der Waals surface area contributed by atoms with Gasteiger partial charge in [0.25, 0.3) is 0 Å². The van der Waals surface area contributed by atoms with Crippen LogP contribution in [0.1, 0.15) is 11.7 Å². The van der Waals surface area contributed by atoms with Gasteiger partial charge >= 0.3 is 5.97 Å². The van der Waals surface area contributed by atoms with Crippen molar-refractivity contribution in [2.45, 2.75) is 6.10 Å². The molecule has 0 amide bonds. The zero-order valence-electron chi connectivity index (χ0n) is 8.54. The number of halogens is 2. The quantitative estimate of drug-likeness (QED) is 0.672. The van der Waals surface area contributed by atoms with Gasteiger partial charge in [-0.15, -0.1) is 0 Å². The fourth-order valence-corrected chi connectivity index (χ4v) is 1.56. The minimum atomic E-state index is -1.22. The van der Waals surface area contributed by atoms with E-state index in [2.05, 4.69) is 11.3 Å². The molecule has 3 nitrogen and oxygen atoms in total. The van der Waals surface area contributed by atoms with Gasteiger partial charge < -0.3 is 9.84 Å². The Kier molecular flexibility index (Phi) is 4.35. The normalized spacial score (nSPS) is 12.0. The summed E-state index contributed by atoms with van der Waals surface area (Å²) in [5.41, 5.74) is 0.233. The molecule has 1 rings (SSSR count). The van der Waals surface area contributed by atoms with Crippen molar-refractivity contribution in [2.75, 3.05) is 7.11 Å². The maximum absolute atomic E-state index is 11.2. The van der Waals surface area contributed by atoms with Gasteiger partial charge in [-0.3, -0.25) is 0 Å². The van der Waals surface area contributed by atoms with Crippen LogP contribution in [-0.2, 0) is 9.53 Å². The number of hydrogen-bond acceptors (Lipinski definition) is 3. The minimum Gasteiger partial charge on any atom is -0.466 e. The summed E-state index contributed by atoms with van der Waals surface area (Å²) >= 11 is 11.6. The first kappa shape index (κ1) is 13.0. The third kappa shape index (κ3) is 2.76. The maximum atomic E-state index is 11.2. The van der Waals surface area contributed by atoms with Crippen LogP contribution in [-0.4, -0.2) is 18.2 Å². The highest BCUT2D eigenvalue weighted by atomic mass is 35.5. The molecule has 1 N–H and O–H groups in total. The number of aliphatic hydroxyl groups is 1. The number of esters is 1. The van der Waals surface area contributed by atoms with Gasteiger partial charge in [0, 0.05) is 15.6 Å². The molecule has 0 bridgehead atoms. The van der Waals surface area contributed by atoms with Crippen LogP contribution in [0.2, 0.25) is 10.0 Å². The van der Waals surface area contributed by atoms with Crippen LogP contribution in [0.4, 0.5) is 0 Å². The standard InChI is InChI=1S/C11H10Cl2O3/c1-6(11(15)16-2)10(14)8-5-7(12)3-4-9(8)13/h3-5,10,14H,1H2,2H3. The molecule has 1 aromatic carbocycles. The minimum absolute atomic E-state index is 0.0910. The Morgan fingerprint density at radius 3 is 2.69 bits per heavy atom. The van der Waals surface area contributed by atoms with Crippen LogP contribution in [0.3, 0.4) is 0 Å². The van der Waals surface area contributed by atoms with Gasteiger partial charge in [-0.2, -0.15) is 0 Å². The van der Waals surface area contributed by atoms with Crippen LogP contribution >= 0.6 is 23.2 Å². The van der Waals surface area contributed by atoms with E-state index in [4.69, 9.17) is 23.2 Å². The molecule has 1 aromatic rings. The van der Waals surface area contributed by atoms with Crippen molar-refractivity contribution >= 4 is 29.2 Å². The molecule has 0 spiro atoms. The summed E-state index contributed by atoms with van der Waals surface area (Å²) in [7, 11) is 1.21. The average Bonchev–Trinajstić information content (AvgIpc) is 2.29. The second-order valence-corrected chi connectivity index (χ2v) is 3.93. The van der Waals surface area contributed by atoms with Gasteiger partial charge in [0.2, 0.25) is 0 Å². The summed E-state index contributed by atoms with van der Waals surface area (Å²) in [5, 5.41) is 10.6. The van der Waals surface area contributed by atoms with E-state index >= 15 is 0 Å². The summed E-state index contributed by atoms with van der Waals surface area (Å²) in [5.74, 6) is -0.691. The third-order valence-corrected chi connectivity index (χ3v) is 2.61. The second-order valence-electron chi connectivity index (χ2n) is 3.09.